The highest BCUT2D eigenvalue weighted by molar-refractivity contribution is 6.30. The summed E-state index contributed by atoms with van der Waals surface area (Å²) in [5.74, 6) is -0.127. The van der Waals surface area contributed by atoms with Crippen LogP contribution in [0.15, 0.2) is 24.3 Å². The van der Waals surface area contributed by atoms with Crippen molar-refractivity contribution in [3.8, 4) is 0 Å². The zero-order chi connectivity index (χ0) is 14.5. The summed E-state index contributed by atoms with van der Waals surface area (Å²) < 4.78 is 4.95. The van der Waals surface area contributed by atoms with Gasteiger partial charge >= 0.3 is 5.97 Å². The molecule has 2 atom stereocenters. The van der Waals surface area contributed by atoms with E-state index in [0.29, 0.717) is 17.5 Å². The van der Waals surface area contributed by atoms with Crippen molar-refractivity contribution in [2.24, 2.45) is 11.8 Å². The van der Waals surface area contributed by atoms with Gasteiger partial charge in [0.05, 0.1) is 5.92 Å². The first-order valence-electron chi connectivity index (χ1n) is 6.74. The van der Waals surface area contributed by atoms with E-state index in [0.717, 1.165) is 18.4 Å². The molecule has 20 heavy (non-hydrogen) atoms. The summed E-state index contributed by atoms with van der Waals surface area (Å²) in [6, 6.07) is 7.47. The second-order valence-electron chi connectivity index (χ2n) is 5.15. The molecule has 0 unspecified atom stereocenters. The molecule has 0 spiro atoms. The molecule has 108 valence electrons. The maximum atomic E-state index is 11.5. The lowest BCUT2D eigenvalue weighted by Crippen LogP contribution is -2.30. The van der Waals surface area contributed by atoms with Crippen LogP contribution < -0.4 is 5.32 Å². The summed E-state index contributed by atoms with van der Waals surface area (Å²) >= 11 is 5.79. The number of ether oxygens (including phenoxy) is 1. The maximum Gasteiger partial charge on any atom is 0.309 e. The third kappa shape index (κ3) is 4.53. The lowest BCUT2D eigenvalue weighted by Gasteiger charge is -2.06. The van der Waals surface area contributed by atoms with Crippen LogP contribution in [0.4, 0.5) is 0 Å². The van der Waals surface area contributed by atoms with Crippen molar-refractivity contribution >= 4 is 23.5 Å². The van der Waals surface area contributed by atoms with Gasteiger partial charge in [0.25, 0.3) is 5.91 Å². The Hall–Kier alpha value is -1.55. The topological polar surface area (TPSA) is 55.4 Å². The number of esters is 1. The first-order chi connectivity index (χ1) is 9.56. The maximum absolute atomic E-state index is 11.5. The fourth-order valence-electron chi connectivity index (χ4n) is 1.94. The fraction of sp³-hybridized carbons (Fsp3) is 0.467. The number of nitrogens with one attached hydrogen (secondary N) is 1. The Bertz CT molecular complexity index is 486. The number of rotatable bonds is 6. The summed E-state index contributed by atoms with van der Waals surface area (Å²) in [7, 11) is 0. The van der Waals surface area contributed by atoms with E-state index in [1.807, 2.05) is 31.2 Å². The monoisotopic (exact) mass is 295 g/mol. The van der Waals surface area contributed by atoms with Crippen molar-refractivity contribution in [1.82, 2.24) is 5.32 Å². The Labute approximate surface area is 123 Å². The molecule has 0 aromatic heterocycles. The summed E-state index contributed by atoms with van der Waals surface area (Å²) in [6.45, 7) is 2.32. The molecule has 1 N–H and O–H groups in total. The Morgan fingerprint density at radius 3 is 2.60 bits per heavy atom. The first kappa shape index (κ1) is 14.9. The first-order valence-corrected chi connectivity index (χ1v) is 7.12. The molecule has 0 radical (unpaired) electrons. The molecule has 1 fully saturated rings. The van der Waals surface area contributed by atoms with E-state index in [1.54, 1.807) is 0 Å². The predicted molar refractivity (Wildman–Crippen MR) is 76.4 cm³/mol. The highest BCUT2D eigenvalue weighted by Crippen LogP contribution is 2.38. The molecule has 0 bridgehead atoms. The number of amides is 1. The van der Waals surface area contributed by atoms with E-state index in [4.69, 9.17) is 16.3 Å². The molecule has 0 aliphatic heterocycles. The molecule has 0 heterocycles. The highest BCUT2D eigenvalue weighted by Gasteiger charge is 2.40. The molecule has 1 aromatic rings. The molecule has 4 nitrogen and oxygen atoms in total. The van der Waals surface area contributed by atoms with Crippen LogP contribution >= 0.6 is 11.6 Å². The van der Waals surface area contributed by atoms with Crippen LogP contribution in [0, 0.1) is 11.8 Å². The molecule has 1 aromatic carbocycles. The number of hydrogen-bond acceptors (Lipinski definition) is 3. The van der Waals surface area contributed by atoms with Gasteiger partial charge in [-0.3, -0.25) is 9.59 Å². The van der Waals surface area contributed by atoms with E-state index in [9.17, 15) is 9.59 Å². The van der Waals surface area contributed by atoms with Crippen LogP contribution in [-0.4, -0.2) is 25.0 Å². The van der Waals surface area contributed by atoms with E-state index in [2.05, 4.69) is 5.32 Å². The van der Waals surface area contributed by atoms with Crippen LogP contribution in [0.1, 0.15) is 18.9 Å². The van der Waals surface area contributed by atoms with Gasteiger partial charge in [-0.15, -0.1) is 0 Å². The van der Waals surface area contributed by atoms with E-state index in [-0.39, 0.29) is 24.4 Å². The predicted octanol–water partition coefficient (Wildman–Crippen LogP) is 2.20. The molecule has 0 saturated heterocycles. The third-order valence-corrected chi connectivity index (χ3v) is 3.66. The van der Waals surface area contributed by atoms with E-state index in [1.165, 1.54) is 0 Å². The molecule has 1 amide bonds. The Balaban J connectivity index is 1.60. The molecule has 1 aliphatic carbocycles. The van der Waals surface area contributed by atoms with Crippen molar-refractivity contribution in [3.63, 3.8) is 0 Å². The van der Waals surface area contributed by atoms with Gasteiger partial charge in [-0.2, -0.15) is 0 Å². The minimum atomic E-state index is -0.263. The number of carbonyl (C=O) groups is 2. The van der Waals surface area contributed by atoms with Gasteiger partial charge in [-0.1, -0.05) is 30.7 Å². The van der Waals surface area contributed by atoms with Gasteiger partial charge in [0.2, 0.25) is 0 Å². The summed E-state index contributed by atoms with van der Waals surface area (Å²) in [6.07, 6.45) is 1.59. The molecule has 1 aliphatic rings. The quantitative estimate of drug-likeness (QED) is 0.819. The Kier molecular flexibility index (Phi) is 5.01. The lowest BCUT2D eigenvalue weighted by molar-refractivity contribution is -0.150. The zero-order valence-corrected chi connectivity index (χ0v) is 12.2. The van der Waals surface area contributed by atoms with Crippen LogP contribution in [0.2, 0.25) is 5.02 Å². The minimum absolute atomic E-state index is 0.00290. The van der Waals surface area contributed by atoms with Crippen LogP contribution in [0.3, 0.4) is 0 Å². The largest absolute Gasteiger partial charge is 0.455 e. The number of benzene rings is 1. The van der Waals surface area contributed by atoms with Crippen LogP contribution in [0.25, 0.3) is 0 Å². The second-order valence-corrected chi connectivity index (χ2v) is 5.59. The molecular formula is C15H18ClNO3. The molecule has 1 saturated carbocycles. The van der Waals surface area contributed by atoms with Crippen LogP contribution in [0.5, 0.6) is 0 Å². The molecule has 5 heteroatoms. The highest BCUT2D eigenvalue weighted by atomic mass is 35.5. The normalized spacial score (nSPS) is 20.3. The minimum Gasteiger partial charge on any atom is -0.455 e. The SMILES string of the molecule is C[C@@H]1C[C@H]1C(=O)OCC(=O)NCCc1ccc(Cl)cc1. The average Bonchev–Trinajstić information content (AvgIpc) is 3.15. The van der Waals surface area contributed by atoms with Gasteiger partial charge in [0.15, 0.2) is 6.61 Å². The standard InChI is InChI=1S/C15H18ClNO3/c1-10-8-13(10)15(19)20-9-14(18)17-7-6-11-2-4-12(16)5-3-11/h2-5,10,13H,6-9H2,1H3,(H,17,18)/t10-,13-/m1/s1. The number of halogens is 1. The second kappa shape index (κ2) is 6.75. The molecular weight excluding hydrogens is 278 g/mol. The average molecular weight is 296 g/mol. The zero-order valence-electron chi connectivity index (χ0n) is 11.4. The van der Waals surface area contributed by atoms with Crippen molar-refractivity contribution in [2.45, 2.75) is 19.8 Å². The summed E-state index contributed by atoms with van der Waals surface area (Å²) in [4.78, 5) is 22.9. The van der Waals surface area contributed by atoms with Gasteiger partial charge in [-0.05, 0) is 36.5 Å². The Morgan fingerprint density at radius 1 is 1.35 bits per heavy atom. The van der Waals surface area contributed by atoms with Crippen molar-refractivity contribution in [3.05, 3.63) is 34.9 Å². The van der Waals surface area contributed by atoms with Crippen molar-refractivity contribution in [2.75, 3.05) is 13.2 Å². The summed E-state index contributed by atoms with van der Waals surface area (Å²) in [5, 5.41) is 3.42. The number of carbonyl (C=O) groups excluding carboxylic acids is 2. The van der Waals surface area contributed by atoms with E-state index >= 15 is 0 Å². The van der Waals surface area contributed by atoms with Crippen molar-refractivity contribution < 1.29 is 14.3 Å². The van der Waals surface area contributed by atoms with Gasteiger partial charge in [0, 0.05) is 11.6 Å². The van der Waals surface area contributed by atoms with Gasteiger partial charge in [-0.25, -0.2) is 0 Å². The van der Waals surface area contributed by atoms with Crippen LogP contribution in [-0.2, 0) is 20.7 Å². The van der Waals surface area contributed by atoms with Gasteiger partial charge in [0.1, 0.15) is 0 Å². The molecule has 2 rings (SSSR count). The smallest absolute Gasteiger partial charge is 0.309 e. The summed E-state index contributed by atoms with van der Waals surface area (Å²) in [5.41, 5.74) is 1.10. The Morgan fingerprint density at radius 2 is 2.00 bits per heavy atom. The van der Waals surface area contributed by atoms with Gasteiger partial charge < -0.3 is 10.1 Å². The number of hydrogen-bond donors (Lipinski definition) is 1. The van der Waals surface area contributed by atoms with Crippen molar-refractivity contribution in [1.29, 1.82) is 0 Å². The third-order valence-electron chi connectivity index (χ3n) is 3.41. The van der Waals surface area contributed by atoms with E-state index < -0.39 is 0 Å². The fourth-order valence-corrected chi connectivity index (χ4v) is 2.07. The lowest BCUT2D eigenvalue weighted by atomic mass is 10.1.